The summed E-state index contributed by atoms with van der Waals surface area (Å²) >= 11 is 0. The Bertz CT molecular complexity index is 215. The van der Waals surface area contributed by atoms with Crippen molar-refractivity contribution in [1.82, 2.24) is 5.32 Å². The van der Waals surface area contributed by atoms with Crippen LogP contribution >= 0.6 is 0 Å². The van der Waals surface area contributed by atoms with Gasteiger partial charge in [-0.05, 0) is 56.4 Å². The lowest BCUT2D eigenvalue weighted by Gasteiger charge is -2.52. The van der Waals surface area contributed by atoms with Crippen LogP contribution in [0.2, 0.25) is 0 Å². The molecular weight excluding hydrogens is 170 g/mol. The molecule has 0 aromatic heterocycles. The zero-order valence-corrected chi connectivity index (χ0v) is 9.39. The SMILES string of the molecule is CC1CC2CCCC(C2)C12CCCN2. The fourth-order valence-electron chi connectivity index (χ4n) is 4.65. The third kappa shape index (κ3) is 1.18. The molecule has 1 heteroatoms. The van der Waals surface area contributed by atoms with E-state index in [2.05, 4.69) is 12.2 Å². The van der Waals surface area contributed by atoms with Gasteiger partial charge in [-0.1, -0.05) is 19.8 Å². The molecule has 14 heavy (non-hydrogen) atoms. The maximum atomic E-state index is 3.88. The third-order valence-corrected chi connectivity index (χ3v) is 5.30. The third-order valence-electron chi connectivity index (χ3n) is 5.30. The first-order valence-electron chi connectivity index (χ1n) is 6.56. The second-order valence-corrected chi connectivity index (χ2v) is 5.94. The van der Waals surface area contributed by atoms with Gasteiger partial charge in [0.05, 0.1) is 0 Å². The van der Waals surface area contributed by atoms with E-state index in [1.54, 1.807) is 0 Å². The molecule has 2 aliphatic carbocycles. The molecule has 2 saturated carbocycles. The van der Waals surface area contributed by atoms with Crippen LogP contribution < -0.4 is 5.32 Å². The Morgan fingerprint density at radius 3 is 2.86 bits per heavy atom. The lowest BCUT2D eigenvalue weighted by molar-refractivity contribution is 0.0295. The van der Waals surface area contributed by atoms with Crippen molar-refractivity contribution < 1.29 is 0 Å². The van der Waals surface area contributed by atoms with Crippen molar-refractivity contribution >= 4 is 0 Å². The van der Waals surface area contributed by atoms with Crippen LogP contribution in [0.5, 0.6) is 0 Å². The molecule has 0 aromatic rings. The second-order valence-electron chi connectivity index (χ2n) is 5.94. The Kier molecular flexibility index (Phi) is 2.12. The van der Waals surface area contributed by atoms with E-state index < -0.39 is 0 Å². The topological polar surface area (TPSA) is 12.0 Å². The van der Waals surface area contributed by atoms with E-state index in [0.29, 0.717) is 5.54 Å². The molecule has 1 nitrogen and oxygen atoms in total. The van der Waals surface area contributed by atoms with Gasteiger partial charge >= 0.3 is 0 Å². The van der Waals surface area contributed by atoms with E-state index in [1.807, 2.05) is 0 Å². The van der Waals surface area contributed by atoms with Crippen LogP contribution in [0.25, 0.3) is 0 Å². The smallest absolute Gasteiger partial charge is 0.0235 e. The zero-order valence-electron chi connectivity index (χ0n) is 9.39. The van der Waals surface area contributed by atoms with E-state index in [-0.39, 0.29) is 0 Å². The number of hydrogen-bond acceptors (Lipinski definition) is 1. The highest BCUT2D eigenvalue weighted by Gasteiger charge is 2.50. The molecular formula is C13H23N. The maximum absolute atomic E-state index is 3.88. The quantitative estimate of drug-likeness (QED) is 0.623. The fraction of sp³-hybridized carbons (Fsp3) is 1.00. The van der Waals surface area contributed by atoms with Crippen LogP contribution in [0.15, 0.2) is 0 Å². The average molecular weight is 193 g/mol. The number of rotatable bonds is 0. The molecule has 1 N–H and O–H groups in total. The first kappa shape index (κ1) is 9.21. The standard InChI is InChI=1S/C13H23N/c1-10-8-11-4-2-5-12(9-11)13(10)6-3-7-14-13/h10-12,14H,2-9H2,1H3. The monoisotopic (exact) mass is 193 g/mol. The largest absolute Gasteiger partial charge is 0.311 e. The van der Waals surface area contributed by atoms with Crippen molar-refractivity contribution in [2.24, 2.45) is 17.8 Å². The van der Waals surface area contributed by atoms with Gasteiger partial charge in [0, 0.05) is 5.54 Å². The molecule has 0 radical (unpaired) electrons. The van der Waals surface area contributed by atoms with E-state index in [1.165, 1.54) is 51.5 Å². The molecule has 0 aromatic carbocycles. The molecule has 3 rings (SSSR count). The molecule has 3 aliphatic rings. The van der Waals surface area contributed by atoms with Crippen LogP contribution in [0.4, 0.5) is 0 Å². The maximum Gasteiger partial charge on any atom is 0.0235 e. The minimum absolute atomic E-state index is 0.580. The minimum Gasteiger partial charge on any atom is -0.311 e. The van der Waals surface area contributed by atoms with E-state index >= 15 is 0 Å². The number of nitrogens with one attached hydrogen (secondary N) is 1. The predicted molar refractivity (Wildman–Crippen MR) is 59.2 cm³/mol. The highest BCUT2D eigenvalue weighted by Crippen LogP contribution is 2.51. The van der Waals surface area contributed by atoms with E-state index in [4.69, 9.17) is 0 Å². The highest BCUT2D eigenvalue weighted by molar-refractivity contribution is 5.06. The molecule has 1 saturated heterocycles. The van der Waals surface area contributed by atoms with Crippen molar-refractivity contribution in [3.05, 3.63) is 0 Å². The minimum atomic E-state index is 0.580. The second kappa shape index (κ2) is 3.23. The van der Waals surface area contributed by atoms with Crippen LogP contribution in [-0.2, 0) is 0 Å². The molecule has 4 unspecified atom stereocenters. The average Bonchev–Trinajstić information content (AvgIpc) is 2.66. The predicted octanol–water partition coefficient (Wildman–Crippen LogP) is 2.95. The van der Waals surface area contributed by atoms with Gasteiger partial charge in [-0.2, -0.15) is 0 Å². The Morgan fingerprint density at radius 2 is 2.07 bits per heavy atom. The number of fused-ring (bicyclic) bond motifs is 3. The van der Waals surface area contributed by atoms with Crippen LogP contribution in [0.1, 0.15) is 51.9 Å². The lowest BCUT2D eigenvalue weighted by atomic mass is 9.58. The van der Waals surface area contributed by atoms with Gasteiger partial charge in [0.15, 0.2) is 0 Å². The normalized spacial score (nSPS) is 52.5. The first-order valence-corrected chi connectivity index (χ1v) is 6.56. The van der Waals surface area contributed by atoms with E-state index in [0.717, 1.165) is 17.8 Å². The summed E-state index contributed by atoms with van der Waals surface area (Å²) in [4.78, 5) is 0. The summed E-state index contributed by atoms with van der Waals surface area (Å²) in [5, 5.41) is 3.88. The highest BCUT2D eigenvalue weighted by atomic mass is 15.0. The Hall–Kier alpha value is -0.0400. The van der Waals surface area contributed by atoms with Gasteiger partial charge in [0.2, 0.25) is 0 Å². The van der Waals surface area contributed by atoms with Gasteiger partial charge in [-0.3, -0.25) is 0 Å². The molecule has 4 atom stereocenters. The van der Waals surface area contributed by atoms with Gasteiger partial charge in [-0.15, -0.1) is 0 Å². The van der Waals surface area contributed by atoms with Crippen molar-refractivity contribution in [3.63, 3.8) is 0 Å². The fourth-order valence-corrected chi connectivity index (χ4v) is 4.65. The summed E-state index contributed by atoms with van der Waals surface area (Å²) in [5.41, 5.74) is 0.580. The van der Waals surface area contributed by atoms with Crippen LogP contribution in [-0.4, -0.2) is 12.1 Å². The van der Waals surface area contributed by atoms with Crippen molar-refractivity contribution in [2.45, 2.75) is 57.4 Å². The summed E-state index contributed by atoms with van der Waals surface area (Å²) in [7, 11) is 0. The molecule has 1 spiro atoms. The summed E-state index contributed by atoms with van der Waals surface area (Å²) in [5.74, 6) is 3.04. The van der Waals surface area contributed by atoms with Gasteiger partial charge in [0.25, 0.3) is 0 Å². The zero-order chi connectivity index (χ0) is 9.60. The molecule has 1 heterocycles. The molecule has 3 fully saturated rings. The van der Waals surface area contributed by atoms with Crippen molar-refractivity contribution in [2.75, 3.05) is 6.54 Å². The molecule has 1 aliphatic heterocycles. The van der Waals surface area contributed by atoms with Crippen molar-refractivity contribution in [3.8, 4) is 0 Å². The summed E-state index contributed by atoms with van der Waals surface area (Å²) in [6.07, 6.45) is 10.5. The Balaban J connectivity index is 1.87. The summed E-state index contributed by atoms with van der Waals surface area (Å²) < 4.78 is 0. The molecule has 0 amide bonds. The number of hydrogen-bond donors (Lipinski definition) is 1. The molecule has 2 bridgehead atoms. The van der Waals surface area contributed by atoms with Crippen LogP contribution in [0.3, 0.4) is 0 Å². The summed E-state index contributed by atoms with van der Waals surface area (Å²) in [6, 6.07) is 0. The van der Waals surface area contributed by atoms with Gasteiger partial charge in [-0.25, -0.2) is 0 Å². The van der Waals surface area contributed by atoms with Gasteiger partial charge < -0.3 is 5.32 Å². The molecule has 80 valence electrons. The summed E-state index contributed by atoms with van der Waals surface area (Å²) in [6.45, 7) is 3.79. The van der Waals surface area contributed by atoms with E-state index in [9.17, 15) is 0 Å². The van der Waals surface area contributed by atoms with Gasteiger partial charge in [0.1, 0.15) is 0 Å². The lowest BCUT2D eigenvalue weighted by Crippen LogP contribution is -2.56. The van der Waals surface area contributed by atoms with Crippen molar-refractivity contribution in [1.29, 1.82) is 0 Å². The Morgan fingerprint density at radius 1 is 1.14 bits per heavy atom. The Labute approximate surface area is 87.7 Å². The first-order chi connectivity index (χ1) is 6.81. The van der Waals surface area contributed by atoms with Crippen LogP contribution in [0, 0.1) is 17.8 Å².